The van der Waals surface area contributed by atoms with E-state index in [0.29, 0.717) is 11.3 Å². The number of hydrogen-bond donors (Lipinski definition) is 1. The molecule has 2 N–H and O–H groups in total. The van der Waals surface area contributed by atoms with E-state index in [1.165, 1.54) is 7.11 Å². The lowest BCUT2D eigenvalue weighted by Crippen LogP contribution is -2.27. The van der Waals surface area contributed by atoms with Crippen LogP contribution in [-0.2, 0) is 0 Å². The second kappa shape index (κ2) is 4.77. The first-order chi connectivity index (χ1) is 6.99. The summed E-state index contributed by atoms with van der Waals surface area (Å²) in [6, 6.07) is 3.13. The Kier molecular flexibility index (Phi) is 3.88. The van der Waals surface area contributed by atoms with Crippen molar-refractivity contribution in [3.05, 3.63) is 27.7 Å². The molecule has 1 unspecified atom stereocenters. The number of methoxy groups -OCH3 is 1. The highest BCUT2D eigenvalue weighted by Crippen LogP contribution is 2.30. The predicted molar refractivity (Wildman–Crippen MR) is 63.4 cm³/mol. The van der Waals surface area contributed by atoms with Crippen molar-refractivity contribution in [3.8, 4) is 5.75 Å². The van der Waals surface area contributed by atoms with Crippen molar-refractivity contribution in [2.24, 2.45) is 5.73 Å². The van der Waals surface area contributed by atoms with Gasteiger partial charge in [-0.1, -0.05) is 6.07 Å². The van der Waals surface area contributed by atoms with Gasteiger partial charge in [-0.15, -0.1) is 0 Å². The van der Waals surface area contributed by atoms with Gasteiger partial charge in [0, 0.05) is 4.47 Å². The van der Waals surface area contributed by atoms with E-state index < -0.39 is 6.04 Å². The van der Waals surface area contributed by atoms with Crippen LogP contribution in [-0.4, -0.2) is 18.9 Å². The minimum atomic E-state index is -0.531. The van der Waals surface area contributed by atoms with Gasteiger partial charge in [-0.2, -0.15) is 0 Å². The van der Waals surface area contributed by atoms with Crippen LogP contribution in [0.5, 0.6) is 5.75 Å². The number of carbonyl (C=O) groups excluding carboxylic acids is 1. The summed E-state index contributed by atoms with van der Waals surface area (Å²) in [6.07, 6.45) is 0. The van der Waals surface area contributed by atoms with E-state index in [2.05, 4.69) is 15.9 Å². The number of halogens is 1. The zero-order valence-electron chi connectivity index (χ0n) is 9.00. The summed E-state index contributed by atoms with van der Waals surface area (Å²) in [4.78, 5) is 11.9. The van der Waals surface area contributed by atoms with Crippen molar-refractivity contribution in [2.45, 2.75) is 19.9 Å². The molecule has 4 heteroatoms. The van der Waals surface area contributed by atoms with E-state index in [-0.39, 0.29) is 5.78 Å². The number of rotatable bonds is 3. The molecule has 15 heavy (non-hydrogen) atoms. The largest absolute Gasteiger partial charge is 0.496 e. The Morgan fingerprint density at radius 2 is 2.13 bits per heavy atom. The van der Waals surface area contributed by atoms with Crippen LogP contribution in [0.2, 0.25) is 0 Å². The molecule has 0 aliphatic carbocycles. The van der Waals surface area contributed by atoms with Crippen LogP contribution >= 0.6 is 15.9 Å². The molecule has 1 rings (SSSR count). The van der Waals surface area contributed by atoms with E-state index in [9.17, 15) is 4.79 Å². The number of ketones is 1. The molecular weight excluding hydrogens is 258 g/mol. The van der Waals surface area contributed by atoms with Crippen LogP contribution in [0.25, 0.3) is 0 Å². The molecule has 1 aromatic rings. The highest BCUT2D eigenvalue weighted by atomic mass is 79.9. The van der Waals surface area contributed by atoms with Crippen LogP contribution in [0.4, 0.5) is 0 Å². The van der Waals surface area contributed by atoms with E-state index in [1.807, 2.05) is 13.0 Å². The van der Waals surface area contributed by atoms with Crippen molar-refractivity contribution < 1.29 is 9.53 Å². The van der Waals surface area contributed by atoms with E-state index >= 15 is 0 Å². The highest BCUT2D eigenvalue weighted by molar-refractivity contribution is 9.10. The summed E-state index contributed by atoms with van der Waals surface area (Å²) in [5.74, 6) is 0.428. The number of hydrogen-bond acceptors (Lipinski definition) is 3. The Bertz CT molecular complexity index is 388. The van der Waals surface area contributed by atoms with Gasteiger partial charge in [-0.3, -0.25) is 4.79 Å². The molecule has 0 spiro atoms. The average molecular weight is 272 g/mol. The van der Waals surface area contributed by atoms with Gasteiger partial charge >= 0.3 is 0 Å². The maximum absolute atomic E-state index is 11.9. The number of carbonyl (C=O) groups is 1. The van der Waals surface area contributed by atoms with E-state index in [0.717, 1.165) is 10.0 Å². The first-order valence-corrected chi connectivity index (χ1v) is 5.41. The van der Waals surface area contributed by atoms with E-state index in [1.54, 1.807) is 13.0 Å². The monoisotopic (exact) mass is 271 g/mol. The van der Waals surface area contributed by atoms with Crippen LogP contribution in [0.1, 0.15) is 22.8 Å². The Morgan fingerprint density at radius 1 is 1.53 bits per heavy atom. The fourth-order valence-electron chi connectivity index (χ4n) is 1.29. The minimum Gasteiger partial charge on any atom is -0.496 e. The van der Waals surface area contributed by atoms with Gasteiger partial charge in [-0.25, -0.2) is 0 Å². The molecule has 0 amide bonds. The molecule has 1 atom stereocenters. The van der Waals surface area contributed by atoms with Crippen molar-refractivity contribution in [1.29, 1.82) is 0 Å². The van der Waals surface area contributed by atoms with Gasteiger partial charge in [-0.05, 0) is 41.4 Å². The third-order valence-electron chi connectivity index (χ3n) is 2.18. The lowest BCUT2D eigenvalue weighted by Gasteiger charge is -2.13. The molecular formula is C11H14BrNO2. The molecule has 0 radical (unpaired) electrons. The highest BCUT2D eigenvalue weighted by Gasteiger charge is 2.20. The number of benzene rings is 1. The summed E-state index contributed by atoms with van der Waals surface area (Å²) in [6.45, 7) is 3.58. The van der Waals surface area contributed by atoms with Crippen LogP contribution in [0.15, 0.2) is 16.6 Å². The summed E-state index contributed by atoms with van der Waals surface area (Å²) >= 11 is 3.38. The maximum atomic E-state index is 11.9. The molecule has 0 aliphatic heterocycles. The third kappa shape index (κ3) is 2.38. The Hall–Kier alpha value is -0.870. The molecule has 0 saturated heterocycles. The second-order valence-electron chi connectivity index (χ2n) is 3.43. The topological polar surface area (TPSA) is 52.3 Å². The normalized spacial score (nSPS) is 12.3. The lowest BCUT2D eigenvalue weighted by atomic mass is 10.0. The smallest absolute Gasteiger partial charge is 0.184 e. The van der Waals surface area contributed by atoms with Crippen molar-refractivity contribution in [2.75, 3.05) is 7.11 Å². The quantitative estimate of drug-likeness (QED) is 0.859. The standard InChI is InChI=1S/C11H14BrNO2/c1-6-4-5-8(15-3)9(10(6)12)11(14)7(2)13/h4-5,7H,13H2,1-3H3. The number of ether oxygens (including phenoxy) is 1. The molecule has 3 nitrogen and oxygen atoms in total. The average Bonchev–Trinajstić information content (AvgIpc) is 2.20. The molecule has 0 heterocycles. The lowest BCUT2D eigenvalue weighted by molar-refractivity contribution is 0.0964. The number of nitrogens with two attached hydrogens (primary N) is 1. The van der Waals surface area contributed by atoms with Gasteiger partial charge in [0.15, 0.2) is 5.78 Å². The van der Waals surface area contributed by atoms with Crippen molar-refractivity contribution in [1.82, 2.24) is 0 Å². The van der Waals surface area contributed by atoms with E-state index in [4.69, 9.17) is 10.5 Å². The van der Waals surface area contributed by atoms with Gasteiger partial charge in [0.2, 0.25) is 0 Å². The Labute approximate surface area is 97.7 Å². The van der Waals surface area contributed by atoms with Crippen LogP contribution in [0.3, 0.4) is 0 Å². The van der Waals surface area contributed by atoms with Gasteiger partial charge in [0.05, 0.1) is 18.7 Å². The van der Waals surface area contributed by atoms with Crippen molar-refractivity contribution in [3.63, 3.8) is 0 Å². The zero-order chi connectivity index (χ0) is 11.6. The van der Waals surface area contributed by atoms with Crippen LogP contribution < -0.4 is 10.5 Å². The second-order valence-corrected chi connectivity index (χ2v) is 4.22. The Balaban J connectivity index is 3.36. The molecule has 0 bridgehead atoms. The molecule has 0 aliphatic rings. The summed E-state index contributed by atoms with van der Waals surface area (Å²) in [5, 5.41) is 0. The number of aryl methyl sites for hydroxylation is 1. The van der Waals surface area contributed by atoms with Crippen LogP contribution in [0, 0.1) is 6.92 Å². The summed E-state index contributed by atoms with van der Waals surface area (Å²) < 4.78 is 5.90. The SMILES string of the molecule is COc1ccc(C)c(Br)c1C(=O)C(C)N. The first-order valence-electron chi connectivity index (χ1n) is 4.62. The first kappa shape index (κ1) is 12.2. The van der Waals surface area contributed by atoms with Gasteiger partial charge in [0.1, 0.15) is 5.75 Å². The minimum absolute atomic E-state index is 0.123. The summed E-state index contributed by atoms with van der Waals surface area (Å²) in [5.41, 5.74) is 7.09. The predicted octanol–water partition coefficient (Wildman–Crippen LogP) is 2.30. The maximum Gasteiger partial charge on any atom is 0.184 e. The summed E-state index contributed by atoms with van der Waals surface area (Å²) in [7, 11) is 1.54. The molecule has 1 aromatic carbocycles. The van der Waals surface area contributed by atoms with Crippen molar-refractivity contribution >= 4 is 21.7 Å². The van der Waals surface area contributed by atoms with Gasteiger partial charge < -0.3 is 10.5 Å². The molecule has 0 saturated carbocycles. The fraction of sp³-hybridized carbons (Fsp3) is 0.364. The third-order valence-corrected chi connectivity index (χ3v) is 3.20. The zero-order valence-corrected chi connectivity index (χ0v) is 10.6. The molecule has 82 valence electrons. The Morgan fingerprint density at radius 3 is 2.60 bits per heavy atom. The molecule has 0 fully saturated rings. The fourth-order valence-corrected chi connectivity index (χ4v) is 1.81. The van der Waals surface area contributed by atoms with Gasteiger partial charge in [0.25, 0.3) is 0 Å². The number of Topliss-reactive ketones (excluding diaryl/α,β-unsaturated/α-hetero) is 1. The molecule has 0 aromatic heterocycles.